The predicted molar refractivity (Wildman–Crippen MR) is 150 cm³/mol. The maximum absolute atomic E-state index is 15.0. The molecule has 0 aliphatic carbocycles. The maximum atomic E-state index is 15.0. The molecule has 9 nitrogen and oxygen atoms in total. The van der Waals surface area contributed by atoms with Gasteiger partial charge >= 0.3 is 0 Å². The van der Waals surface area contributed by atoms with E-state index in [1.807, 2.05) is 43.6 Å². The zero-order chi connectivity index (χ0) is 27.6. The van der Waals surface area contributed by atoms with Crippen molar-refractivity contribution >= 4 is 28.0 Å². The third-order valence-electron chi connectivity index (χ3n) is 7.29. The number of nitrogens with one attached hydrogen (secondary N) is 1. The lowest BCUT2D eigenvalue weighted by Crippen LogP contribution is -2.53. The molecule has 3 N–H and O–H groups in total. The summed E-state index contributed by atoms with van der Waals surface area (Å²) in [6.07, 6.45) is 5.49. The number of nitrogens with two attached hydrogens (primary N) is 1. The summed E-state index contributed by atoms with van der Waals surface area (Å²) in [6, 6.07) is 13.5. The second-order valence-corrected chi connectivity index (χ2v) is 10.1. The number of ether oxygens (including phenoxy) is 1. The van der Waals surface area contributed by atoms with Gasteiger partial charge in [-0.3, -0.25) is 14.7 Å². The first-order chi connectivity index (χ1) is 19.4. The fraction of sp³-hybridized carbons (Fsp3) is 0.267. The van der Waals surface area contributed by atoms with Gasteiger partial charge in [0.05, 0.1) is 34.4 Å². The number of hydrogen-bond donors (Lipinski definition) is 2. The lowest BCUT2D eigenvalue weighted by atomic mass is 10.0. The number of halogens is 1. The van der Waals surface area contributed by atoms with Crippen LogP contribution in [-0.4, -0.2) is 67.9 Å². The third kappa shape index (κ3) is 5.36. The number of rotatable bonds is 7. The molecule has 0 bridgehead atoms. The molecule has 204 valence electrons. The van der Waals surface area contributed by atoms with Crippen LogP contribution in [0.5, 0.6) is 11.5 Å². The van der Waals surface area contributed by atoms with Crippen LogP contribution in [-0.2, 0) is 17.8 Å². The van der Waals surface area contributed by atoms with Crippen LogP contribution in [0.4, 0.5) is 4.39 Å². The van der Waals surface area contributed by atoms with Gasteiger partial charge in [-0.25, -0.2) is 14.4 Å². The summed E-state index contributed by atoms with van der Waals surface area (Å²) in [5.74, 6) is -0.0215. The number of piperazine rings is 1. The van der Waals surface area contributed by atoms with Crippen LogP contribution in [0.2, 0.25) is 0 Å². The summed E-state index contributed by atoms with van der Waals surface area (Å²) in [5, 5.41) is 0.809. The smallest absolute Gasteiger partial charge is 0.239 e. The topological polar surface area (TPSA) is 113 Å². The molecule has 6 rings (SSSR count). The van der Waals surface area contributed by atoms with E-state index in [2.05, 4.69) is 19.9 Å². The molecule has 0 spiro atoms. The van der Waals surface area contributed by atoms with E-state index in [-0.39, 0.29) is 18.1 Å². The van der Waals surface area contributed by atoms with Gasteiger partial charge in [0.25, 0.3) is 0 Å². The Morgan fingerprint density at radius 2 is 1.88 bits per heavy atom. The molecule has 1 atom stereocenters. The van der Waals surface area contributed by atoms with E-state index >= 15 is 0 Å². The van der Waals surface area contributed by atoms with E-state index in [1.54, 1.807) is 29.3 Å². The lowest BCUT2D eigenvalue weighted by molar-refractivity contribution is -0.134. The van der Waals surface area contributed by atoms with Gasteiger partial charge in [-0.2, -0.15) is 0 Å². The average Bonchev–Trinajstić information content (AvgIpc) is 3.36. The van der Waals surface area contributed by atoms with E-state index in [1.165, 1.54) is 6.07 Å². The normalized spacial score (nSPS) is 15.0. The van der Waals surface area contributed by atoms with Gasteiger partial charge in [0.2, 0.25) is 5.91 Å². The SMILES string of the molecule is Cc1c[nH]c2nccc(Oc3ccc(CC(N)C(=O)N4CCN(Cc5cnc6ccccc6n5)CC4)cc3F)c12. The van der Waals surface area contributed by atoms with Crippen molar-refractivity contribution < 1.29 is 13.9 Å². The molecule has 5 aromatic rings. The predicted octanol–water partition coefficient (Wildman–Crippen LogP) is 3.96. The summed E-state index contributed by atoms with van der Waals surface area (Å²) in [5.41, 5.74) is 11.2. The molecule has 1 aliphatic heterocycles. The van der Waals surface area contributed by atoms with Gasteiger partial charge in [-0.15, -0.1) is 0 Å². The number of benzene rings is 2. The number of fused-ring (bicyclic) bond motifs is 2. The molecular formula is C30H30FN7O2. The molecule has 0 saturated carbocycles. The molecule has 4 heterocycles. The van der Waals surface area contributed by atoms with Gasteiger partial charge in [0, 0.05) is 45.1 Å². The average molecular weight is 540 g/mol. The molecule has 1 unspecified atom stereocenters. The van der Waals surface area contributed by atoms with Crippen molar-refractivity contribution in [2.24, 2.45) is 5.73 Å². The molecule has 1 fully saturated rings. The zero-order valence-electron chi connectivity index (χ0n) is 22.2. The van der Waals surface area contributed by atoms with Crippen molar-refractivity contribution in [3.05, 3.63) is 89.8 Å². The summed E-state index contributed by atoms with van der Waals surface area (Å²) < 4.78 is 20.9. The standard InChI is InChI=1S/C30H30FN7O2/c1-19-16-35-29-28(19)27(8-9-33-29)40-26-7-6-20(14-22(26)31)15-23(32)30(39)38-12-10-37(11-13-38)18-21-17-34-24-4-2-3-5-25(24)36-21/h2-9,14,16-17,23H,10-13,15,18,32H2,1H3,(H,33,35). The third-order valence-corrected chi connectivity index (χ3v) is 7.29. The molecule has 0 radical (unpaired) electrons. The van der Waals surface area contributed by atoms with E-state index in [9.17, 15) is 9.18 Å². The van der Waals surface area contributed by atoms with Gasteiger partial charge < -0.3 is 20.4 Å². The number of carbonyl (C=O) groups excluding carboxylic acids is 1. The Balaban J connectivity index is 1.03. The largest absolute Gasteiger partial charge is 0.453 e. The highest BCUT2D eigenvalue weighted by Crippen LogP contribution is 2.32. The minimum Gasteiger partial charge on any atom is -0.453 e. The summed E-state index contributed by atoms with van der Waals surface area (Å²) in [4.78, 5) is 33.7. The van der Waals surface area contributed by atoms with E-state index < -0.39 is 11.9 Å². The molecule has 1 saturated heterocycles. The highest BCUT2D eigenvalue weighted by Gasteiger charge is 2.26. The Labute approximate surface area is 230 Å². The first-order valence-electron chi connectivity index (χ1n) is 13.3. The lowest BCUT2D eigenvalue weighted by Gasteiger charge is -2.35. The van der Waals surface area contributed by atoms with Crippen molar-refractivity contribution in [2.75, 3.05) is 26.2 Å². The number of carbonyl (C=O) groups is 1. The number of aromatic nitrogens is 4. The minimum absolute atomic E-state index is 0.101. The van der Waals surface area contributed by atoms with Crippen LogP contribution in [0.15, 0.2) is 67.1 Å². The number of aryl methyl sites for hydroxylation is 1. The van der Waals surface area contributed by atoms with Crippen LogP contribution >= 0.6 is 0 Å². The molecule has 3 aromatic heterocycles. The Bertz CT molecular complexity index is 1680. The number of para-hydroxylation sites is 2. The van der Waals surface area contributed by atoms with Crippen LogP contribution in [0.25, 0.3) is 22.1 Å². The monoisotopic (exact) mass is 539 g/mol. The molecule has 1 amide bonds. The van der Waals surface area contributed by atoms with Crippen LogP contribution in [0, 0.1) is 12.7 Å². The number of hydrogen-bond acceptors (Lipinski definition) is 7. The fourth-order valence-corrected chi connectivity index (χ4v) is 5.14. The molecule has 10 heteroatoms. The van der Waals surface area contributed by atoms with Crippen molar-refractivity contribution in [1.82, 2.24) is 29.7 Å². The number of aromatic amines is 1. The van der Waals surface area contributed by atoms with Gasteiger partial charge in [-0.05, 0) is 54.8 Å². The minimum atomic E-state index is -0.758. The van der Waals surface area contributed by atoms with Crippen LogP contribution < -0.4 is 10.5 Å². The van der Waals surface area contributed by atoms with E-state index in [4.69, 9.17) is 15.5 Å². The molecule has 1 aliphatic rings. The summed E-state index contributed by atoms with van der Waals surface area (Å²) in [7, 11) is 0. The van der Waals surface area contributed by atoms with E-state index in [0.717, 1.165) is 40.8 Å². The Kier molecular flexibility index (Phi) is 7.10. The summed E-state index contributed by atoms with van der Waals surface area (Å²) in [6.45, 7) is 5.20. The quantitative estimate of drug-likeness (QED) is 0.322. The summed E-state index contributed by atoms with van der Waals surface area (Å²) >= 11 is 0. The molecular weight excluding hydrogens is 509 g/mol. The van der Waals surface area contributed by atoms with E-state index in [0.29, 0.717) is 36.6 Å². The van der Waals surface area contributed by atoms with Crippen LogP contribution in [0.3, 0.4) is 0 Å². The number of pyridine rings is 1. The maximum Gasteiger partial charge on any atom is 0.239 e. The van der Waals surface area contributed by atoms with Gasteiger partial charge in [0.15, 0.2) is 11.6 Å². The van der Waals surface area contributed by atoms with Crippen molar-refractivity contribution in [1.29, 1.82) is 0 Å². The Hall–Kier alpha value is -4.41. The fourth-order valence-electron chi connectivity index (χ4n) is 5.14. The van der Waals surface area contributed by atoms with Crippen molar-refractivity contribution in [2.45, 2.75) is 25.9 Å². The molecule has 40 heavy (non-hydrogen) atoms. The van der Waals surface area contributed by atoms with Gasteiger partial charge in [0.1, 0.15) is 11.4 Å². The highest BCUT2D eigenvalue weighted by molar-refractivity contribution is 5.86. The first kappa shape index (κ1) is 25.8. The van der Waals surface area contributed by atoms with Gasteiger partial charge in [-0.1, -0.05) is 18.2 Å². The second kappa shape index (κ2) is 11.0. The van der Waals surface area contributed by atoms with Crippen LogP contribution in [0.1, 0.15) is 16.8 Å². The van der Waals surface area contributed by atoms with Crippen molar-refractivity contribution in [3.63, 3.8) is 0 Å². The highest BCUT2D eigenvalue weighted by atomic mass is 19.1. The molecule has 2 aromatic carbocycles. The number of H-pyrrole nitrogens is 1. The second-order valence-electron chi connectivity index (χ2n) is 10.1. The number of nitrogens with zero attached hydrogens (tertiary/aromatic N) is 5. The Morgan fingerprint density at radius 1 is 1.07 bits per heavy atom. The first-order valence-corrected chi connectivity index (χ1v) is 13.3. The van der Waals surface area contributed by atoms with Crippen molar-refractivity contribution in [3.8, 4) is 11.5 Å². The Morgan fingerprint density at radius 3 is 2.67 bits per heavy atom. The zero-order valence-corrected chi connectivity index (χ0v) is 22.2. The number of amides is 1.